The van der Waals surface area contributed by atoms with Gasteiger partial charge in [0.2, 0.25) is 0 Å². The van der Waals surface area contributed by atoms with Gasteiger partial charge in [-0.25, -0.2) is 0 Å². The number of carboxylic acids is 1. The van der Waals surface area contributed by atoms with Crippen molar-refractivity contribution in [3.63, 3.8) is 0 Å². The molecule has 3 nitrogen and oxygen atoms in total. The van der Waals surface area contributed by atoms with Crippen molar-refractivity contribution in [3.8, 4) is 0 Å². The minimum Gasteiger partial charge on any atom is -0.480 e. The first-order valence-corrected chi connectivity index (χ1v) is 6.09. The van der Waals surface area contributed by atoms with Gasteiger partial charge in [0.1, 0.15) is 5.54 Å². The van der Waals surface area contributed by atoms with E-state index < -0.39 is 11.5 Å². The molecule has 0 radical (unpaired) electrons. The third-order valence-electron chi connectivity index (χ3n) is 2.10. The van der Waals surface area contributed by atoms with Crippen LogP contribution in [0.25, 0.3) is 0 Å². The van der Waals surface area contributed by atoms with Crippen molar-refractivity contribution < 1.29 is 9.90 Å². The molecule has 0 aliphatic heterocycles. The van der Waals surface area contributed by atoms with Gasteiger partial charge in [0.15, 0.2) is 0 Å². The van der Waals surface area contributed by atoms with Crippen molar-refractivity contribution in [3.05, 3.63) is 0 Å². The Bertz CT molecular complexity index is 183. The Hall–Kier alpha value is -0.220. The van der Waals surface area contributed by atoms with Crippen LogP contribution >= 0.6 is 11.8 Å². The molecule has 2 atom stereocenters. The zero-order valence-electron chi connectivity index (χ0n) is 9.25. The first kappa shape index (κ1) is 13.8. The summed E-state index contributed by atoms with van der Waals surface area (Å²) in [5.41, 5.74) is 4.57. The number of aliphatic carboxylic acids is 1. The number of rotatable bonds is 7. The molecule has 0 aromatic carbocycles. The summed E-state index contributed by atoms with van der Waals surface area (Å²) in [5.74, 6) is 0.174. The topological polar surface area (TPSA) is 63.3 Å². The highest BCUT2D eigenvalue weighted by Crippen LogP contribution is 2.21. The van der Waals surface area contributed by atoms with Gasteiger partial charge >= 0.3 is 5.97 Å². The summed E-state index contributed by atoms with van der Waals surface area (Å²) >= 11 is 1.80. The van der Waals surface area contributed by atoms with E-state index in [2.05, 4.69) is 6.92 Å². The van der Waals surface area contributed by atoms with Crippen LogP contribution in [0.2, 0.25) is 0 Å². The fraction of sp³-hybridized carbons (Fsp3) is 0.900. The molecule has 3 N–H and O–H groups in total. The van der Waals surface area contributed by atoms with E-state index in [1.54, 1.807) is 18.7 Å². The van der Waals surface area contributed by atoms with Crippen LogP contribution in [0.3, 0.4) is 0 Å². The van der Waals surface area contributed by atoms with Gasteiger partial charge in [-0.05, 0) is 25.5 Å². The molecule has 84 valence electrons. The quantitative estimate of drug-likeness (QED) is 0.644. The van der Waals surface area contributed by atoms with Gasteiger partial charge in [-0.15, -0.1) is 0 Å². The van der Waals surface area contributed by atoms with Crippen LogP contribution < -0.4 is 5.73 Å². The maximum atomic E-state index is 10.8. The molecule has 0 heterocycles. The normalized spacial score (nSPS) is 17.4. The van der Waals surface area contributed by atoms with Crippen molar-refractivity contribution in [2.45, 2.75) is 50.8 Å². The smallest absolute Gasteiger partial charge is 0.323 e. The Morgan fingerprint density at radius 3 is 2.64 bits per heavy atom. The number of hydrogen-bond acceptors (Lipinski definition) is 3. The average Bonchev–Trinajstić information content (AvgIpc) is 2.03. The van der Waals surface area contributed by atoms with E-state index in [1.165, 1.54) is 12.8 Å². The Balaban J connectivity index is 3.81. The third-order valence-corrected chi connectivity index (χ3v) is 3.36. The SMILES string of the molecule is CCCCSC(C)CC(C)(N)C(=O)O. The van der Waals surface area contributed by atoms with Gasteiger partial charge in [0, 0.05) is 5.25 Å². The highest BCUT2D eigenvalue weighted by atomic mass is 32.2. The predicted octanol–water partition coefficient (Wildman–Crippen LogP) is 2.10. The fourth-order valence-corrected chi connectivity index (χ4v) is 2.49. The Morgan fingerprint density at radius 1 is 1.64 bits per heavy atom. The van der Waals surface area contributed by atoms with Crippen molar-refractivity contribution >= 4 is 17.7 Å². The van der Waals surface area contributed by atoms with Crippen LogP contribution in [0.4, 0.5) is 0 Å². The van der Waals surface area contributed by atoms with Gasteiger partial charge in [0.05, 0.1) is 0 Å². The molecule has 0 saturated carbocycles. The van der Waals surface area contributed by atoms with Gasteiger partial charge < -0.3 is 10.8 Å². The minimum atomic E-state index is -1.08. The van der Waals surface area contributed by atoms with E-state index in [0.29, 0.717) is 11.7 Å². The summed E-state index contributed by atoms with van der Waals surface area (Å²) in [7, 11) is 0. The minimum absolute atomic E-state index is 0.313. The molecular formula is C10H21NO2S. The highest BCUT2D eigenvalue weighted by molar-refractivity contribution is 7.99. The van der Waals surface area contributed by atoms with Crippen LogP contribution in [0.15, 0.2) is 0 Å². The average molecular weight is 219 g/mol. The van der Waals surface area contributed by atoms with E-state index in [4.69, 9.17) is 10.8 Å². The lowest BCUT2D eigenvalue weighted by Crippen LogP contribution is -2.46. The maximum absolute atomic E-state index is 10.8. The molecule has 2 unspecified atom stereocenters. The van der Waals surface area contributed by atoms with Gasteiger partial charge in [-0.2, -0.15) is 11.8 Å². The van der Waals surface area contributed by atoms with Crippen LogP contribution in [0.1, 0.15) is 40.0 Å². The molecule has 4 heteroatoms. The third kappa shape index (κ3) is 5.50. The molecule has 0 aliphatic carbocycles. The van der Waals surface area contributed by atoms with Crippen LogP contribution in [0, 0.1) is 0 Å². The molecule has 0 fully saturated rings. The largest absolute Gasteiger partial charge is 0.480 e. The molecule has 0 spiro atoms. The van der Waals surface area contributed by atoms with E-state index >= 15 is 0 Å². The molecule has 0 amide bonds. The first-order chi connectivity index (χ1) is 6.40. The summed E-state index contributed by atoms with van der Waals surface area (Å²) in [6.45, 7) is 5.76. The van der Waals surface area contributed by atoms with Crippen LogP contribution in [-0.4, -0.2) is 27.6 Å². The van der Waals surface area contributed by atoms with Crippen molar-refractivity contribution in [1.29, 1.82) is 0 Å². The molecule has 0 aliphatic rings. The summed E-state index contributed by atoms with van der Waals surface area (Å²) in [5, 5.41) is 9.14. The van der Waals surface area contributed by atoms with Crippen molar-refractivity contribution in [2.75, 3.05) is 5.75 Å². The Morgan fingerprint density at radius 2 is 2.21 bits per heavy atom. The second-order valence-corrected chi connectivity index (χ2v) is 5.51. The van der Waals surface area contributed by atoms with E-state index in [9.17, 15) is 4.79 Å². The Labute approximate surface area is 90.4 Å². The van der Waals surface area contributed by atoms with E-state index in [1.807, 2.05) is 6.92 Å². The summed E-state index contributed by atoms with van der Waals surface area (Å²) in [6, 6.07) is 0. The maximum Gasteiger partial charge on any atom is 0.323 e. The Kier molecular flexibility index (Phi) is 6.20. The number of thioether (sulfide) groups is 1. The molecule has 0 bridgehead atoms. The molecular weight excluding hydrogens is 198 g/mol. The molecule has 0 saturated heterocycles. The zero-order chi connectivity index (χ0) is 11.2. The second-order valence-electron chi connectivity index (χ2n) is 3.96. The summed E-state index contributed by atoms with van der Waals surface area (Å²) < 4.78 is 0. The number of unbranched alkanes of at least 4 members (excludes halogenated alkanes) is 1. The number of hydrogen-bond donors (Lipinski definition) is 2. The fourth-order valence-electron chi connectivity index (χ4n) is 1.17. The molecule has 0 aromatic rings. The van der Waals surface area contributed by atoms with Gasteiger partial charge in [0.25, 0.3) is 0 Å². The van der Waals surface area contributed by atoms with Crippen LogP contribution in [-0.2, 0) is 4.79 Å². The lowest BCUT2D eigenvalue weighted by molar-refractivity contribution is -0.142. The molecule has 0 aromatic heterocycles. The number of carboxylic acid groups (broad SMARTS) is 1. The van der Waals surface area contributed by atoms with E-state index in [-0.39, 0.29) is 0 Å². The lowest BCUT2D eigenvalue weighted by Gasteiger charge is -2.22. The first-order valence-electron chi connectivity index (χ1n) is 5.04. The summed E-state index contributed by atoms with van der Waals surface area (Å²) in [6.07, 6.45) is 2.89. The van der Waals surface area contributed by atoms with Gasteiger partial charge in [-0.3, -0.25) is 4.79 Å². The number of nitrogens with two attached hydrogens (primary N) is 1. The molecule has 14 heavy (non-hydrogen) atoms. The standard InChI is InChI=1S/C10H21NO2S/c1-4-5-6-14-8(2)7-10(3,11)9(12)13/h8H,4-7,11H2,1-3H3,(H,12,13). The van der Waals surface area contributed by atoms with Gasteiger partial charge in [-0.1, -0.05) is 20.3 Å². The van der Waals surface area contributed by atoms with Crippen LogP contribution in [0.5, 0.6) is 0 Å². The lowest BCUT2D eigenvalue weighted by atomic mass is 9.98. The zero-order valence-corrected chi connectivity index (χ0v) is 10.1. The molecule has 0 rings (SSSR count). The highest BCUT2D eigenvalue weighted by Gasteiger charge is 2.29. The number of carbonyl (C=O) groups is 1. The second kappa shape index (κ2) is 6.30. The predicted molar refractivity (Wildman–Crippen MR) is 61.7 cm³/mol. The van der Waals surface area contributed by atoms with Crippen molar-refractivity contribution in [2.24, 2.45) is 5.73 Å². The summed E-state index contributed by atoms with van der Waals surface area (Å²) in [4.78, 5) is 10.8. The monoisotopic (exact) mass is 219 g/mol. The van der Waals surface area contributed by atoms with E-state index in [0.717, 1.165) is 5.75 Å². The van der Waals surface area contributed by atoms with Crippen molar-refractivity contribution in [1.82, 2.24) is 0 Å².